The number of aromatic nitrogens is 2. The third-order valence-electron chi connectivity index (χ3n) is 2.21. The van der Waals surface area contributed by atoms with Gasteiger partial charge in [0.05, 0.1) is 7.11 Å². The fraction of sp³-hybridized carbons (Fsp3) is 0.100. The zero-order valence-corrected chi connectivity index (χ0v) is 9.51. The number of benzene rings is 1. The minimum absolute atomic E-state index is 0.0278. The zero-order valence-electron chi connectivity index (χ0n) is 9.51. The van der Waals surface area contributed by atoms with Crippen LogP contribution < -0.4 is 16.2 Å². The Bertz CT molecular complexity index is 575. The number of nitrogens with two attached hydrogens (primary N) is 2. The third-order valence-corrected chi connectivity index (χ3v) is 2.21. The molecule has 0 amide bonds. The maximum Gasteiger partial charge on any atom is 0.175 e. The number of H-pyrrole nitrogens is 1. The Morgan fingerprint density at radius 1 is 1.28 bits per heavy atom. The molecule has 1 heterocycles. The van der Waals surface area contributed by atoms with Crippen molar-refractivity contribution in [1.29, 1.82) is 0 Å². The van der Waals surface area contributed by atoms with Crippen LogP contribution in [0, 0.1) is 5.82 Å². The number of methoxy groups -OCH3 is 1. The second kappa shape index (κ2) is 4.70. The number of hydrogen-bond acceptors (Lipinski definition) is 6. The Hall–Kier alpha value is -2.64. The van der Waals surface area contributed by atoms with Gasteiger partial charge in [0, 0.05) is 0 Å². The first-order chi connectivity index (χ1) is 8.63. The summed E-state index contributed by atoms with van der Waals surface area (Å²) in [6.45, 7) is 0. The molecule has 0 spiro atoms. The van der Waals surface area contributed by atoms with Crippen molar-refractivity contribution in [2.45, 2.75) is 0 Å². The summed E-state index contributed by atoms with van der Waals surface area (Å²) in [5.41, 5.74) is 11.2. The van der Waals surface area contributed by atoms with Crippen molar-refractivity contribution in [2.24, 2.45) is 10.2 Å². The molecule has 0 saturated heterocycles. The van der Waals surface area contributed by atoms with Gasteiger partial charge < -0.3 is 16.2 Å². The van der Waals surface area contributed by atoms with Gasteiger partial charge in [-0.2, -0.15) is 5.10 Å². The standard InChI is InChI=1S/C10H11FN6O/c1-18-6-4-2-3-5(11)7(6)14-15-8-9(12)16-17-10(8)13/h2-4H,1H3,(H5,12,13,16,17). The number of aromatic amines is 1. The van der Waals surface area contributed by atoms with Crippen LogP contribution in [0.3, 0.4) is 0 Å². The largest absolute Gasteiger partial charge is 0.494 e. The number of nitrogen functional groups attached to an aromatic ring is 2. The molecular formula is C10H11FN6O. The second-order valence-electron chi connectivity index (χ2n) is 3.36. The highest BCUT2D eigenvalue weighted by Gasteiger charge is 2.10. The lowest BCUT2D eigenvalue weighted by atomic mass is 10.3. The molecule has 5 N–H and O–H groups in total. The summed E-state index contributed by atoms with van der Waals surface area (Å²) in [6.07, 6.45) is 0. The molecule has 2 rings (SSSR count). The molecule has 0 aliphatic heterocycles. The molecule has 94 valence electrons. The molecule has 2 aromatic rings. The quantitative estimate of drug-likeness (QED) is 0.723. The predicted molar refractivity (Wildman–Crippen MR) is 64.5 cm³/mol. The molecule has 0 fully saturated rings. The van der Waals surface area contributed by atoms with Crippen molar-refractivity contribution in [3.05, 3.63) is 24.0 Å². The average Bonchev–Trinajstić information content (AvgIpc) is 2.68. The lowest BCUT2D eigenvalue weighted by molar-refractivity contribution is 0.412. The van der Waals surface area contributed by atoms with Gasteiger partial charge in [0.15, 0.2) is 23.0 Å². The summed E-state index contributed by atoms with van der Waals surface area (Å²) in [5, 5.41) is 13.6. The van der Waals surface area contributed by atoms with Gasteiger partial charge in [0.25, 0.3) is 0 Å². The molecule has 1 aromatic carbocycles. The zero-order chi connectivity index (χ0) is 13.1. The molecule has 7 nitrogen and oxygen atoms in total. The van der Waals surface area contributed by atoms with Gasteiger partial charge in [-0.05, 0) is 12.1 Å². The molecule has 18 heavy (non-hydrogen) atoms. The topological polar surface area (TPSA) is 115 Å². The van der Waals surface area contributed by atoms with Gasteiger partial charge in [-0.3, -0.25) is 5.10 Å². The number of azo groups is 1. The minimum Gasteiger partial charge on any atom is -0.494 e. The van der Waals surface area contributed by atoms with Crippen molar-refractivity contribution in [1.82, 2.24) is 10.2 Å². The van der Waals surface area contributed by atoms with E-state index in [9.17, 15) is 4.39 Å². The van der Waals surface area contributed by atoms with Crippen LogP contribution in [-0.4, -0.2) is 17.3 Å². The van der Waals surface area contributed by atoms with Crippen LogP contribution in [0.4, 0.5) is 27.4 Å². The lowest BCUT2D eigenvalue weighted by Crippen LogP contribution is -1.87. The molecule has 1 aromatic heterocycles. The van der Waals surface area contributed by atoms with Crippen LogP contribution in [0.1, 0.15) is 0 Å². The van der Waals surface area contributed by atoms with Gasteiger partial charge >= 0.3 is 0 Å². The average molecular weight is 250 g/mol. The van der Waals surface area contributed by atoms with E-state index in [1.807, 2.05) is 0 Å². The Labute approximate surface area is 102 Å². The number of ether oxygens (including phenoxy) is 1. The van der Waals surface area contributed by atoms with Gasteiger partial charge in [-0.25, -0.2) is 4.39 Å². The monoisotopic (exact) mass is 250 g/mol. The first kappa shape index (κ1) is 11.8. The van der Waals surface area contributed by atoms with E-state index < -0.39 is 5.82 Å². The van der Waals surface area contributed by atoms with E-state index in [4.69, 9.17) is 16.2 Å². The predicted octanol–water partition coefficient (Wildman–Crippen LogP) is 2.14. The normalized spacial score (nSPS) is 11.0. The number of halogens is 1. The highest BCUT2D eigenvalue weighted by molar-refractivity contribution is 5.70. The minimum atomic E-state index is -0.557. The van der Waals surface area contributed by atoms with Crippen LogP contribution >= 0.6 is 0 Å². The first-order valence-corrected chi connectivity index (χ1v) is 4.97. The fourth-order valence-corrected chi connectivity index (χ4v) is 1.33. The van der Waals surface area contributed by atoms with E-state index in [1.165, 1.54) is 19.2 Å². The summed E-state index contributed by atoms with van der Waals surface area (Å²) in [4.78, 5) is 0. The van der Waals surface area contributed by atoms with Gasteiger partial charge in [-0.1, -0.05) is 6.07 Å². The molecule has 0 atom stereocenters. The summed E-state index contributed by atoms with van der Waals surface area (Å²) in [6, 6.07) is 4.33. The highest BCUT2D eigenvalue weighted by atomic mass is 19.1. The molecule has 8 heteroatoms. The van der Waals surface area contributed by atoms with Crippen molar-refractivity contribution in [3.63, 3.8) is 0 Å². The van der Waals surface area contributed by atoms with E-state index in [-0.39, 0.29) is 28.8 Å². The molecular weight excluding hydrogens is 239 g/mol. The molecule has 0 bridgehead atoms. The maximum atomic E-state index is 13.5. The lowest BCUT2D eigenvalue weighted by Gasteiger charge is -2.03. The molecule has 0 radical (unpaired) electrons. The fourth-order valence-electron chi connectivity index (χ4n) is 1.33. The van der Waals surface area contributed by atoms with Crippen LogP contribution in [0.15, 0.2) is 28.4 Å². The van der Waals surface area contributed by atoms with Crippen molar-refractivity contribution in [2.75, 3.05) is 18.6 Å². The summed E-state index contributed by atoms with van der Waals surface area (Å²) in [5.74, 6) is -0.0452. The van der Waals surface area contributed by atoms with Gasteiger partial charge in [0.1, 0.15) is 11.6 Å². The van der Waals surface area contributed by atoms with E-state index in [0.29, 0.717) is 0 Å². The van der Waals surface area contributed by atoms with Crippen molar-refractivity contribution in [3.8, 4) is 5.75 Å². The van der Waals surface area contributed by atoms with Gasteiger partial charge in [-0.15, -0.1) is 10.2 Å². The van der Waals surface area contributed by atoms with Crippen LogP contribution in [-0.2, 0) is 0 Å². The Morgan fingerprint density at radius 3 is 2.61 bits per heavy atom. The van der Waals surface area contributed by atoms with Gasteiger partial charge in [0.2, 0.25) is 0 Å². The number of anilines is 2. The van der Waals surface area contributed by atoms with E-state index >= 15 is 0 Å². The second-order valence-corrected chi connectivity index (χ2v) is 3.36. The van der Waals surface area contributed by atoms with Crippen LogP contribution in [0.5, 0.6) is 5.75 Å². The van der Waals surface area contributed by atoms with E-state index in [1.54, 1.807) is 6.07 Å². The Morgan fingerprint density at radius 2 is 2.00 bits per heavy atom. The van der Waals surface area contributed by atoms with Crippen molar-refractivity contribution < 1.29 is 9.13 Å². The Balaban J connectivity index is 2.40. The summed E-state index contributed by atoms with van der Waals surface area (Å²) in [7, 11) is 1.41. The van der Waals surface area contributed by atoms with E-state index in [0.717, 1.165) is 0 Å². The molecule has 0 aliphatic rings. The molecule has 0 aliphatic carbocycles. The van der Waals surface area contributed by atoms with Crippen molar-refractivity contribution >= 4 is 23.0 Å². The highest BCUT2D eigenvalue weighted by Crippen LogP contribution is 2.33. The summed E-state index contributed by atoms with van der Waals surface area (Å²) < 4.78 is 18.5. The smallest absolute Gasteiger partial charge is 0.175 e. The number of rotatable bonds is 3. The maximum absolute atomic E-state index is 13.5. The SMILES string of the molecule is COc1cccc(F)c1N=Nc1c(N)n[nH]c1N. The van der Waals surface area contributed by atoms with Crippen LogP contribution in [0.2, 0.25) is 0 Å². The third kappa shape index (κ3) is 2.08. The summed E-state index contributed by atoms with van der Waals surface area (Å²) >= 11 is 0. The Kier molecular flexibility index (Phi) is 3.09. The molecule has 0 saturated carbocycles. The van der Waals surface area contributed by atoms with Crippen LogP contribution in [0.25, 0.3) is 0 Å². The molecule has 0 unspecified atom stereocenters. The number of nitrogens with zero attached hydrogens (tertiary/aromatic N) is 3. The number of nitrogens with one attached hydrogen (secondary N) is 1. The first-order valence-electron chi connectivity index (χ1n) is 4.97. The van der Waals surface area contributed by atoms with E-state index in [2.05, 4.69) is 20.4 Å². The number of hydrogen-bond donors (Lipinski definition) is 3.